The first kappa shape index (κ1) is 13.5. The standard InChI is InChI=1S/C11H13BrO3S/c1-15-11(14)4-5-16-10-3-2-9(12)6-8(10)7-13/h2-3,6,13H,4-5,7H2,1H3. The third-order valence-corrected chi connectivity index (χ3v) is 3.60. The molecular formula is C11H13BrO3S. The van der Waals surface area contributed by atoms with E-state index in [1.54, 1.807) is 11.8 Å². The smallest absolute Gasteiger partial charge is 0.306 e. The Morgan fingerprint density at radius 3 is 2.94 bits per heavy atom. The lowest BCUT2D eigenvalue weighted by Crippen LogP contribution is -2.01. The molecule has 0 saturated carbocycles. The largest absolute Gasteiger partial charge is 0.469 e. The van der Waals surface area contributed by atoms with E-state index in [4.69, 9.17) is 0 Å². The number of aliphatic hydroxyl groups is 1. The Kier molecular flexibility index (Phi) is 5.87. The van der Waals surface area contributed by atoms with Crippen LogP contribution in [-0.4, -0.2) is 23.9 Å². The predicted octanol–water partition coefficient (Wildman–Crippen LogP) is 2.60. The van der Waals surface area contributed by atoms with Crippen LogP contribution in [0.3, 0.4) is 0 Å². The van der Waals surface area contributed by atoms with Gasteiger partial charge in [-0.1, -0.05) is 15.9 Å². The molecule has 0 amide bonds. The van der Waals surface area contributed by atoms with Crippen LogP contribution in [0.5, 0.6) is 0 Å². The molecule has 0 radical (unpaired) electrons. The summed E-state index contributed by atoms with van der Waals surface area (Å²) in [4.78, 5) is 11.9. The fraction of sp³-hybridized carbons (Fsp3) is 0.364. The van der Waals surface area contributed by atoms with Gasteiger partial charge in [-0.15, -0.1) is 11.8 Å². The van der Waals surface area contributed by atoms with Crippen molar-refractivity contribution in [3.63, 3.8) is 0 Å². The number of halogens is 1. The number of ether oxygens (including phenoxy) is 1. The quantitative estimate of drug-likeness (QED) is 0.671. The molecule has 0 bridgehead atoms. The predicted molar refractivity (Wildman–Crippen MR) is 67.4 cm³/mol. The van der Waals surface area contributed by atoms with Crippen LogP contribution in [0.2, 0.25) is 0 Å². The fourth-order valence-corrected chi connectivity index (χ4v) is 2.53. The van der Waals surface area contributed by atoms with Crippen LogP contribution >= 0.6 is 27.7 Å². The van der Waals surface area contributed by atoms with Crippen LogP contribution in [0.25, 0.3) is 0 Å². The highest BCUT2D eigenvalue weighted by atomic mass is 79.9. The van der Waals surface area contributed by atoms with Crippen molar-refractivity contribution in [1.82, 2.24) is 0 Å². The van der Waals surface area contributed by atoms with Crippen molar-refractivity contribution in [2.24, 2.45) is 0 Å². The highest BCUT2D eigenvalue weighted by molar-refractivity contribution is 9.10. The highest BCUT2D eigenvalue weighted by Crippen LogP contribution is 2.26. The molecule has 0 aromatic heterocycles. The number of thioether (sulfide) groups is 1. The lowest BCUT2D eigenvalue weighted by atomic mass is 10.2. The van der Waals surface area contributed by atoms with Crippen molar-refractivity contribution < 1.29 is 14.6 Å². The number of carbonyl (C=O) groups is 1. The van der Waals surface area contributed by atoms with E-state index in [0.29, 0.717) is 12.2 Å². The van der Waals surface area contributed by atoms with Gasteiger partial charge >= 0.3 is 5.97 Å². The molecular weight excluding hydrogens is 292 g/mol. The van der Waals surface area contributed by atoms with Crippen LogP contribution in [0.4, 0.5) is 0 Å². The number of aliphatic hydroxyl groups excluding tert-OH is 1. The molecule has 0 fully saturated rings. The summed E-state index contributed by atoms with van der Waals surface area (Å²) in [5.74, 6) is 0.441. The van der Waals surface area contributed by atoms with Crippen LogP contribution in [-0.2, 0) is 16.1 Å². The number of carbonyl (C=O) groups excluding carboxylic acids is 1. The van der Waals surface area contributed by atoms with Crippen molar-refractivity contribution >= 4 is 33.7 Å². The second-order valence-corrected chi connectivity index (χ2v) is 5.14. The van der Waals surface area contributed by atoms with E-state index < -0.39 is 0 Å². The van der Waals surface area contributed by atoms with Crippen molar-refractivity contribution in [2.75, 3.05) is 12.9 Å². The van der Waals surface area contributed by atoms with Gasteiger partial charge in [-0.05, 0) is 23.8 Å². The number of hydrogen-bond donors (Lipinski definition) is 1. The zero-order chi connectivity index (χ0) is 12.0. The molecule has 0 aliphatic carbocycles. The van der Waals surface area contributed by atoms with Crippen molar-refractivity contribution in [1.29, 1.82) is 0 Å². The normalized spacial score (nSPS) is 10.2. The minimum atomic E-state index is -0.213. The second kappa shape index (κ2) is 6.93. The Morgan fingerprint density at radius 2 is 2.31 bits per heavy atom. The van der Waals surface area contributed by atoms with E-state index in [0.717, 1.165) is 14.9 Å². The number of esters is 1. The van der Waals surface area contributed by atoms with Crippen LogP contribution < -0.4 is 0 Å². The molecule has 1 N–H and O–H groups in total. The van der Waals surface area contributed by atoms with Gasteiger partial charge in [0.05, 0.1) is 20.1 Å². The van der Waals surface area contributed by atoms with Gasteiger partial charge in [0.1, 0.15) is 0 Å². The maximum absolute atomic E-state index is 10.9. The summed E-state index contributed by atoms with van der Waals surface area (Å²) in [6, 6.07) is 5.72. The molecule has 0 atom stereocenters. The van der Waals surface area contributed by atoms with Gasteiger partial charge in [-0.3, -0.25) is 4.79 Å². The van der Waals surface area contributed by atoms with Gasteiger partial charge < -0.3 is 9.84 Å². The maximum atomic E-state index is 10.9. The van der Waals surface area contributed by atoms with Crippen molar-refractivity contribution in [2.45, 2.75) is 17.9 Å². The molecule has 0 spiro atoms. The first-order valence-electron chi connectivity index (χ1n) is 4.76. The molecule has 0 saturated heterocycles. The van der Waals surface area contributed by atoms with E-state index in [-0.39, 0.29) is 12.6 Å². The van der Waals surface area contributed by atoms with Gasteiger partial charge in [-0.25, -0.2) is 0 Å². The zero-order valence-electron chi connectivity index (χ0n) is 8.90. The third-order valence-electron chi connectivity index (χ3n) is 1.98. The Bertz CT molecular complexity index is 368. The second-order valence-electron chi connectivity index (χ2n) is 3.08. The molecule has 3 nitrogen and oxygen atoms in total. The Labute approximate surface area is 107 Å². The van der Waals surface area contributed by atoms with Crippen molar-refractivity contribution in [3.05, 3.63) is 28.2 Å². The molecule has 5 heteroatoms. The Morgan fingerprint density at radius 1 is 1.56 bits per heavy atom. The van der Waals surface area contributed by atoms with Gasteiger partial charge in [0, 0.05) is 15.1 Å². The van der Waals surface area contributed by atoms with Crippen LogP contribution in [0.15, 0.2) is 27.6 Å². The summed E-state index contributed by atoms with van der Waals surface area (Å²) < 4.78 is 5.49. The molecule has 0 heterocycles. The first-order valence-corrected chi connectivity index (χ1v) is 6.54. The molecule has 88 valence electrons. The Hall–Kier alpha value is -0.520. The minimum Gasteiger partial charge on any atom is -0.469 e. The maximum Gasteiger partial charge on any atom is 0.306 e. The summed E-state index contributed by atoms with van der Waals surface area (Å²) in [5.41, 5.74) is 0.865. The van der Waals surface area contributed by atoms with Gasteiger partial charge in [-0.2, -0.15) is 0 Å². The average molecular weight is 305 g/mol. The topological polar surface area (TPSA) is 46.5 Å². The molecule has 1 aromatic carbocycles. The summed E-state index contributed by atoms with van der Waals surface area (Å²) in [6.07, 6.45) is 0.377. The Balaban J connectivity index is 2.56. The van der Waals surface area contributed by atoms with Crippen LogP contribution in [0.1, 0.15) is 12.0 Å². The fourth-order valence-electron chi connectivity index (χ4n) is 1.16. The summed E-state index contributed by atoms with van der Waals surface area (Å²) in [6.45, 7) is -0.00000244. The molecule has 1 rings (SSSR count). The summed E-state index contributed by atoms with van der Waals surface area (Å²) in [5, 5.41) is 9.17. The average Bonchev–Trinajstić information content (AvgIpc) is 2.30. The number of rotatable bonds is 5. The number of benzene rings is 1. The first-order chi connectivity index (χ1) is 7.67. The molecule has 0 unspecified atom stereocenters. The van der Waals surface area contributed by atoms with E-state index in [1.165, 1.54) is 7.11 Å². The summed E-state index contributed by atoms with van der Waals surface area (Å²) >= 11 is 4.89. The number of methoxy groups -OCH3 is 1. The lowest BCUT2D eigenvalue weighted by molar-refractivity contribution is -0.140. The minimum absolute atomic E-state index is 0.00000244. The summed E-state index contributed by atoms with van der Waals surface area (Å²) in [7, 11) is 1.38. The lowest BCUT2D eigenvalue weighted by Gasteiger charge is -2.07. The zero-order valence-corrected chi connectivity index (χ0v) is 11.3. The molecule has 16 heavy (non-hydrogen) atoms. The van der Waals surface area contributed by atoms with E-state index >= 15 is 0 Å². The third kappa shape index (κ3) is 4.15. The highest BCUT2D eigenvalue weighted by Gasteiger charge is 2.05. The monoisotopic (exact) mass is 304 g/mol. The SMILES string of the molecule is COC(=O)CCSc1ccc(Br)cc1CO. The van der Waals surface area contributed by atoms with Gasteiger partial charge in [0.2, 0.25) is 0 Å². The molecule has 0 aliphatic rings. The molecule has 0 aliphatic heterocycles. The van der Waals surface area contributed by atoms with Crippen molar-refractivity contribution in [3.8, 4) is 0 Å². The molecule has 1 aromatic rings. The van der Waals surface area contributed by atoms with E-state index in [2.05, 4.69) is 20.7 Å². The van der Waals surface area contributed by atoms with Gasteiger partial charge in [0.25, 0.3) is 0 Å². The van der Waals surface area contributed by atoms with Crippen LogP contribution in [0, 0.1) is 0 Å². The van der Waals surface area contributed by atoms with E-state index in [9.17, 15) is 9.90 Å². The van der Waals surface area contributed by atoms with Gasteiger partial charge in [0.15, 0.2) is 0 Å². The number of hydrogen-bond acceptors (Lipinski definition) is 4. The van der Waals surface area contributed by atoms with E-state index in [1.807, 2.05) is 18.2 Å².